The highest BCUT2D eigenvalue weighted by molar-refractivity contribution is 5.94. The third-order valence-electron chi connectivity index (χ3n) is 0.763. The fourth-order valence-electron chi connectivity index (χ4n) is 0.311. The van der Waals surface area contributed by atoms with Crippen LogP contribution in [0.1, 0.15) is 6.42 Å². The Balaban J connectivity index is 3.16. The van der Waals surface area contributed by atoms with Crippen molar-refractivity contribution in [2.24, 2.45) is 0 Å². The standard InChI is InChI=1S/C6H9NO/c1-3-6(8)4-5-7-2/h1,7H,4-5H2,2H3. The first-order valence-corrected chi connectivity index (χ1v) is 2.45. The Labute approximate surface area is 49.3 Å². The van der Waals surface area contributed by atoms with Crippen LogP contribution >= 0.6 is 0 Å². The lowest BCUT2D eigenvalue weighted by Gasteiger charge is -1.89. The van der Waals surface area contributed by atoms with Crippen molar-refractivity contribution in [1.29, 1.82) is 0 Å². The van der Waals surface area contributed by atoms with Crippen molar-refractivity contribution >= 4 is 5.78 Å². The molecule has 0 saturated heterocycles. The zero-order valence-corrected chi connectivity index (χ0v) is 4.90. The van der Waals surface area contributed by atoms with Gasteiger partial charge in [0.15, 0.2) is 0 Å². The van der Waals surface area contributed by atoms with Gasteiger partial charge in [-0.05, 0) is 13.0 Å². The highest BCUT2D eigenvalue weighted by Crippen LogP contribution is 1.75. The minimum absolute atomic E-state index is 0.139. The summed E-state index contributed by atoms with van der Waals surface area (Å²) >= 11 is 0. The number of carbonyl (C=O) groups is 1. The number of Topliss-reactive ketones (excluding diaryl/α,β-unsaturated/α-hetero) is 1. The molecule has 0 heterocycles. The van der Waals surface area contributed by atoms with Gasteiger partial charge in [0, 0.05) is 13.0 Å². The van der Waals surface area contributed by atoms with E-state index in [1.807, 2.05) is 5.92 Å². The normalized spacial score (nSPS) is 8.00. The Hall–Kier alpha value is -0.810. The van der Waals surface area contributed by atoms with Crippen LogP contribution in [0.5, 0.6) is 0 Å². The van der Waals surface area contributed by atoms with Crippen LogP contribution in [0.3, 0.4) is 0 Å². The number of rotatable bonds is 3. The van der Waals surface area contributed by atoms with E-state index >= 15 is 0 Å². The molecule has 0 bridgehead atoms. The lowest BCUT2D eigenvalue weighted by molar-refractivity contribution is -0.113. The average molecular weight is 111 g/mol. The maximum Gasteiger partial charge on any atom is 0.206 e. The van der Waals surface area contributed by atoms with E-state index in [4.69, 9.17) is 6.42 Å². The molecule has 0 atom stereocenters. The summed E-state index contributed by atoms with van der Waals surface area (Å²) in [7, 11) is 1.78. The number of hydrogen-bond donors (Lipinski definition) is 1. The van der Waals surface area contributed by atoms with E-state index in [-0.39, 0.29) is 5.78 Å². The van der Waals surface area contributed by atoms with Gasteiger partial charge in [-0.2, -0.15) is 0 Å². The third kappa shape index (κ3) is 3.38. The van der Waals surface area contributed by atoms with E-state index in [1.54, 1.807) is 7.05 Å². The fourth-order valence-corrected chi connectivity index (χ4v) is 0.311. The smallest absolute Gasteiger partial charge is 0.206 e. The third-order valence-corrected chi connectivity index (χ3v) is 0.763. The molecule has 0 rings (SSSR count). The van der Waals surface area contributed by atoms with Crippen molar-refractivity contribution in [3.05, 3.63) is 0 Å². The summed E-state index contributed by atoms with van der Waals surface area (Å²) in [6.45, 7) is 0.670. The Bertz CT molecular complexity index is 112. The first-order chi connectivity index (χ1) is 3.81. The maximum absolute atomic E-state index is 10.3. The van der Waals surface area contributed by atoms with Crippen LogP contribution in [0, 0.1) is 12.3 Å². The second-order valence-electron chi connectivity index (χ2n) is 1.42. The molecule has 0 aromatic carbocycles. The molecular weight excluding hydrogens is 102 g/mol. The molecule has 8 heavy (non-hydrogen) atoms. The Morgan fingerprint density at radius 1 is 1.88 bits per heavy atom. The second kappa shape index (κ2) is 4.35. The van der Waals surface area contributed by atoms with Gasteiger partial charge in [-0.1, -0.05) is 0 Å². The molecule has 0 fully saturated rings. The largest absolute Gasteiger partial charge is 0.319 e. The Morgan fingerprint density at radius 3 is 2.88 bits per heavy atom. The molecule has 0 aliphatic carbocycles. The van der Waals surface area contributed by atoms with Gasteiger partial charge in [0.25, 0.3) is 0 Å². The Kier molecular flexibility index (Phi) is 3.91. The Morgan fingerprint density at radius 2 is 2.50 bits per heavy atom. The molecule has 44 valence electrons. The van der Waals surface area contributed by atoms with Crippen LogP contribution in [0.15, 0.2) is 0 Å². The molecule has 0 saturated carbocycles. The summed E-state index contributed by atoms with van der Waals surface area (Å²) in [6.07, 6.45) is 5.22. The lowest BCUT2D eigenvalue weighted by Crippen LogP contribution is -2.11. The molecule has 2 heteroatoms. The van der Waals surface area contributed by atoms with Gasteiger partial charge >= 0.3 is 0 Å². The monoisotopic (exact) mass is 111 g/mol. The second-order valence-corrected chi connectivity index (χ2v) is 1.42. The summed E-state index contributed by atoms with van der Waals surface area (Å²) in [6, 6.07) is 0. The van der Waals surface area contributed by atoms with Gasteiger partial charge in [0.2, 0.25) is 5.78 Å². The molecule has 0 spiro atoms. The maximum atomic E-state index is 10.3. The number of ketones is 1. The van der Waals surface area contributed by atoms with Gasteiger partial charge in [-0.15, -0.1) is 6.42 Å². The van der Waals surface area contributed by atoms with Crippen molar-refractivity contribution in [2.75, 3.05) is 13.6 Å². The zero-order valence-electron chi connectivity index (χ0n) is 4.90. The molecule has 0 amide bonds. The summed E-state index contributed by atoms with van der Waals surface area (Å²) in [5.74, 6) is 1.88. The van der Waals surface area contributed by atoms with Crippen molar-refractivity contribution in [1.82, 2.24) is 5.32 Å². The molecule has 0 radical (unpaired) electrons. The zero-order chi connectivity index (χ0) is 6.41. The van der Waals surface area contributed by atoms with Crippen molar-refractivity contribution < 1.29 is 4.79 Å². The SMILES string of the molecule is C#CC(=O)CCNC. The first kappa shape index (κ1) is 7.19. The molecule has 1 N–H and O–H groups in total. The van der Waals surface area contributed by atoms with Crippen LogP contribution in [-0.4, -0.2) is 19.4 Å². The minimum atomic E-state index is -0.139. The number of nitrogens with one attached hydrogen (secondary N) is 1. The highest BCUT2D eigenvalue weighted by atomic mass is 16.1. The highest BCUT2D eigenvalue weighted by Gasteiger charge is 1.91. The van der Waals surface area contributed by atoms with Crippen molar-refractivity contribution in [2.45, 2.75) is 6.42 Å². The van der Waals surface area contributed by atoms with Gasteiger partial charge in [0.05, 0.1) is 0 Å². The van der Waals surface area contributed by atoms with E-state index in [2.05, 4.69) is 5.32 Å². The summed E-state index contributed by atoms with van der Waals surface area (Å²) in [5.41, 5.74) is 0. The van der Waals surface area contributed by atoms with E-state index in [0.29, 0.717) is 13.0 Å². The minimum Gasteiger partial charge on any atom is -0.319 e. The van der Waals surface area contributed by atoms with Gasteiger partial charge in [-0.25, -0.2) is 0 Å². The summed E-state index contributed by atoms with van der Waals surface area (Å²) in [4.78, 5) is 10.3. The van der Waals surface area contributed by atoms with E-state index in [0.717, 1.165) is 0 Å². The van der Waals surface area contributed by atoms with Gasteiger partial charge in [-0.3, -0.25) is 4.79 Å². The molecule has 0 aliphatic rings. The fraction of sp³-hybridized carbons (Fsp3) is 0.500. The van der Waals surface area contributed by atoms with Crippen LogP contribution in [0.2, 0.25) is 0 Å². The topological polar surface area (TPSA) is 29.1 Å². The van der Waals surface area contributed by atoms with Crippen molar-refractivity contribution in [3.63, 3.8) is 0 Å². The predicted octanol–water partition coefficient (Wildman–Crippen LogP) is -0.202. The van der Waals surface area contributed by atoms with Crippen LogP contribution in [0.4, 0.5) is 0 Å². The van der Waals surface area contributed by atoms with E-state index in [1.165, 1.54) is 0 Å². The number of hydrogen-bond acceptors (Lipinski definition) is 2. The van der Waals surface area contributed by atoms with Crippen LogP contribution in [-0.2, 0) is 4.79 Å². The van der Waals surface area contributed by atoms with E-state index < -0.39 is 0 Å². The average Bonchev–Trinajstić information content (AvgIpc) is 1.83. The lowest BCUT2D eigenvalue weighted by atomic mass is 10.3. The molecule has 0 aliphatic heterocycles. The first-order valence-electron chi connectivity index (χ1n) is 2.45. The van der Waals surface area contributed by atoms with Crippen molar-refractivity contribution in [3.8, 4) is 12.3 Å². The van der Waals surface area contributed by atoms with Crippen LogP contribution < -0.4 is 5.32 Å². The van der Waals surface area contributed by atoms with E-state index in [9.17, 15) is 4.79 Å². The molecule has 0 aromatic rings. The molecule has 2 nitrogen and oxygen atoms in total. The predicted molar refractivity (Wildman–Crippen MR) is 32.4 cm³/mol. The van der Waals surface area contributed by atoms with Gasteiger partial charge < -0.3 is 5.32 Å². The molecular formula is C6H9NO. The molecule has 0 unspecified atom stereocenters. The van der Waals surface area contributed by atoms with Gasteiger partial charge in [0.1, 0.15) is 0 Å². The molecule has 0 aromatic heterocycles. The number of carbonyl (C=O) groups excluding carboxylic acids is 1. The number of terminal acetylenes is 1. The summed E-state index contributed by atoms with van der Waals surface area (Å²) < 4.78 is 0. The summed E-state index contributed by atoms with van der Waals surface area (Å²) in [5, 5.41) is 2.82. The van der Waals surface area contributed by atoms with Crippen LogP contribution in [0.25, 0.3) is 0 Å². The quantitative estimate of drug-likeness (QED) is 0.403.